The normalized spacial score (nSPS) is 18.2. The summed E-state index contributed by atoms with van der Waals surface area (Å²) in [7, 11) is 0. The molecule has 1 atom stereocenters. The molecule has 2 N–H and O–H groups in total. The molecule has 1 unspecified atom stereocenters. The van der Waals surface area contributed by atoms with Crippen LogP contribution in [0, 0.1) is 5.92 Å². The summed E-state index contributed by atoms with van der Waals surface area (Å²) >= 11 is 0. The SMILES string of the molecule is O=C(CC(CCCC1CCCCC1)c1nc(CNC2CCCC2)co1)NOCc1ccccc1. The second-order valence-corrected chi connectivity index (χ2v) is 10.2. The second kappa shape index (κ2) is 13.6. The van der Waals surface area contributed by atoms with Crippen LogP contribution in [0.15, 0.2) is 41.0 Å². The number of aromatic nitrogens is 1. The van der Waals surface area contributed by atoms with Crippen molar-refractivity contribution in [3.05, 3.63) is 53.7 Å². The fraction of sp³-hybridized carbons (Fsp3) is 0.643. The molecule has 0 aliphatic heterocycles. The van der Waals surface area contributed by atoms with Gasteiger partial charge in [0.1, 0.15) is 6.26 Å². The minimum atomic E-state index is -0.123. The van der Waals surface area contributed by atoms with Crippen LogP contribution in [0.3, 0.4) is 0 Å². The molecule has 0 radical (unpaired) electrons. The van der Waals surface area contributed by atoms with Gasteiger partial charge in [-0.05, 0) is 30.7 Å². The fourth-order valence-electron chi connectivity index (χ4n) is 5.45. The number of benzene rings is 1. The Bertz CT molecular complexity index is 842. The maximum absolute atomic E-state index is 12.7. The van der Waals surface area contributed by atoms with Crippen molar-refractivity contribution in [2.75, 3.05) is 0 Å². The Morgan fingerprint density at radius 1 is 1.06 bits per heavy atom. The van der Waals surface area contributed by atoms with E-state index in [1.54, 1.807) is 6.26 Å². The Labute approximate surface area is 204 Å². The molecule has 1 aromatic heterocycles. The van der Waals surface area contributed by atoms with Gasteiger partial charge in [0.15, 0.2) is 5.89 Å². The van der Waals surface area contributed by atoms with Crippen LogP contribution in [0.4, 0.5) is 0 Å². The number of hydroxylamine groups is 1. The van der Waals surface area contributed by atoms with Crippen LogP contribution in [0.2, 0.25) is 0 Å². The van der Waals surface area contributed by atoms with E-state index < -0.39 is 0 Å². The number of nitrogens with one attached hydrogen (secondary N) is 2. The van der Waals surface area contributed by atoms with Gasteiger partial charge in [-0.1, -0.05) is 88.1 Å². The van der Waals surface area contributed by atoms with Crippen LogP contribution in [0.1, 0.15) is 107 Å². The zero-order valence-electron chi connectivity index (χ0n) is 20.5. The van der Waals surface area contributed by atoms with Crippen LogP contribution in [0.25, 0.3) is 0 Å². The summed E-state index contributed by atoms with van der Waals surface area (Å²) in [5.74, 6) is 1.38. The number of nitrogens with zero attached hydrogens (tertiary/aromatic N) is 1. The van der Waals surface area contributed by atoms with Gasteiger partial charge < -0.3 is 9.73 Å². The average Bonchev–Trinajstić information content (AvgIpc) is 3.56. The minimum absolute atomic E-state index is 0.0239. The molecule has 0 saturated heterocycles. The van der Waals surface area contributed by atoms with Crippen LogP contribution in [-0.2, 0) is 22.8 Å². The molecule has 2 saturated carbocycles. The first-order chi connectivity index (χ1) is 16.8. The van der Waals surface area contributed by atoms with Crippen molar-refractivity contribution in [1.29, 1.82) is 0 Å². The first-order valence-corrected chi connectivity index (χ1v) is 13.4. The standard InChI is InChI=1S/C28H41N3O3/c32-27(31-34-20-23-12-5-2-6-13-23)18-24(15-9-14-22-10-3-1-4-11-22)28-30-26(21-33-28)19-29-25-16-7-8-17-25/h2,5-6,12-13,21-22,24-25,29H,1,3-4,7-11,14-20H2,(H,31,32). The maximum atomic E-state index is 12.7. The molecular formula is C28H41N3O3. The van der Waals surface area contributed by atoms with Gasteiger partial charge >= 0.3 is 0 Å². The summed E-state index contributed by atoms with van der Waals surface area (Å²) in [5, 5.41) is 3.60. The highest BCUT2D eigenvalue weighted by atomic mass is 16.6. The molecule has 0 bridgehead atoms. The molecule has 6 heteroatoms. The van der Waals surface area contributed by atoms with Gasteiger partial charge in [-0.15, -0.1) is 0 Å². The number of carbonyl (C=O) groups is 1. The summed E-state index contributed by atoms with van der Waals surface area (Å²) in [6.07, 6.45) is 17.3. The predicted octanol–water partition coefficient (Wildman–Crippen LogP) is 6.18. The number of rotatable bonds is 13. The summed E-state index contributed by atoms with van der Waals surface area (Å²) in [4.78, 5) is 22.9. The first kappa shape index (κ1) is 24.9. The van der Waals surface area contributed by atoms with E-state index in [0.717, 1.165) is 36.6 Å². The number of hydrogen-bond donors (Lipinski definition) is 2. The molecule has 2 fully saturated rings. The van der Waals surface area contributed by atoms with Crippen molar-refractivity contribution < 1.29 is 14.0 Å². The summed E-state index contributed by atoms with van der Waals surface area (Å²) in [6, 6.07) is 10.4. The third-order valence-corrected chi connectivity index (χ3v) is 7.43. The Hall–Kier alpha value is -2.18. The molecule has 1 aromatic carbocycles. The lowest BCUT2D eigenvalue weighted by Gasteiger charge is -2.22. The molecule has 6 nitrogen and oxygen atoms in total. The van der Waals surface area contributed by atoms with Gasteiger partial charge in [0.25, 0.3) is 0 Å². The third-order valence-electron chi connectivity index (χ3n) is 7.43. The second-order valence-electron chi connectivity index (χ2n) is 10.2. The first-order valence-electron chi connectivity index (χ1n) is 13.4. The Balaban J connectivity index is 1.28. The van der Waals surface area contributed by atoms with Crippen molar-refractivity contribution >= 4 is 5.91 Å². The van der Waals surface area contributed by atoms with Crippen LogP contribution >= 0.6 is 0 Å². The smallest absolute Gasteiger partial charge is 0.244 e. The van der Waals surface area contributed by atoms with Crippen molar-refractivity contribution in [2.45, 2.75) is 109 Å². The van der Waals surface area contributed by atoms with Crippen LogP contribution in [0.5, 0.6) is 0 Å². The predicted molar refractivity (Wildman–Crippen MR) is 133 cm³/mol. The zero-order chi connectivity index (χ0) is 23.4. The van der Waals surface area contributed by atoms with Crippen LogP contribution < -0.4 is 10.8 Å². The van der Waals surface area contributed by atoms with E-state index in [4.69, 9.17) is 14.2 Å². The van der Waals surface area contributed by atoms with Gasteiger partial charge in [-0.3, -0.25) is 9.63 Å². The largest absolute Gasteiger partial charge is 0.448 e. The molecule has 4 rings (SSSR count). The minimum Gasteiger partial charge on any atom is -0.448 e. The molecule has 2 aromatic rings. The molecular weight excluding hydrogens is 426 g/mol. The van der Waals surface area contributed by atoms with Crippen molar-refractivity contribution in [1.82, 2.24) is 15.8 Å². The van der Waals surface area contributed by atoms with E-state index in [1.165, 1.54) is 64.2 Å². The summed E-state index contributed by atoms with van der Waals surface area (Å²) in [5.41, 5.74) is 4.58. The monoisotopic (exact) mass is 467 g/mol. The molecule has 186 valence electrons. The molecule has 1 amide bonds. The van der Waals surface area contributed by atoms with E-state index >= 15 is 0 Å². The Morgan fingerprint density at radius 2 is 1.82 bits per heavy atom. The van der Waals surface area contributed by atoms with Gasteiger partial charge in [0.2, 0.25) is 5.91 Å². The topological polar surface area (TPSA) is 76.4 Å². The lowest BCUT2D eigenvalue weighted by Crippen LogP contribution is -2.26. The van der Waals surface area contributed by atoms with Gasteiger partial charge in [-0.25, -0.2) is 10.5 Å². The molecule has 1 heterocycles. The van der Waals surface area contributed by atoms with Crippen molar-refractivity contribution in [3.63, 3.8) is 0 Å². The van der Waals surface area contributed by atoms with Crippen molar-refractivity contribution in [2.24, 2.45) is 5.92 Å². The highest BCUT2D eigenvalue weighted by Crippen LogP contribution is 2.31. The summed E-state index contributed by atoms with van der Waals surface area (Å²) in [6.45, 7) is 1.09. The van der Waals surface area contributed by atoms with Crippen molar-refractivity contribution in [3.8, 4) is 0 Å². The fourth-order valence-corrected chi connectivity index (χ4v) is 5.45. The Morgan fingerprint density at radius 3 is 2.62 bits per heavy atom. The van der Waals surface area contributed by atoms with E-state index in [0.29, 0.717) is 25.0 Å². The highest BCUT2D eigenvalue weighted by molar-refractivity contribution is 5.75. The average molecular weight is 468 g/mol. The number of oxazole rings is 1. The van der Waals surface area contributed by atoms with E-state index in [-0.39, 0.29) is 11.8 Å². The zero-order valence-corrected chi connectivity index (χ0v) is 20.5. The van der Waals surface area contributed by atoms with E-state index in [9.17, 15) is 4.79 Å². The molecule has 34 heavy (non-hydrogen) atoms. The number of hydrogen-bond acceptors (Lipinski definition) is 5. The Kier molecular flexibility index (Phi) is 10.0. The maximum Gasteiger partial charge on any atom is 0.244 e. The quantitative estimate of drug-likeness (QED) is 0.344. The molecule has 2 aliphatic rings. The summed E-state index contributed by atoms with van der Waals surface area (Å²) < 4.78 is 5.89. The number of carbonyl (C=O) groups excluding carboxylic acids is 1. The molecule has 0 spiro atoms. The van der Waals surface area contributed by atoms with E-state index in [1.807, 2.05) is 30.3 Å². The van der Waals surface area contributed by atoms with Gasteiger partial charge in [-0.2, -0.15) is 0 Å². The third kappa shape index (κ3) is 8.24. The highest BCUT2D eigenvalue weighted by Gasteiger charge is 2.23. The van der Waals surface area contributed by atoms with E-state index in [2.05, 4.69) is 10.8 Å². The van der Waals surface area contributed by atoms with Crippen LogP contribution in [-0.4, -0.2) is 16.9 Å². The van der Waals surface area contributed by atoms with Gasteiger partial charge in [0.05, 0.1) is 12.3 Å². The molecule has 2 aliphatic carbocycles. The van der Waals surface area contributed by atoms with Gasteiger partial charge in [0, 0.05) is 24.9 Å². The number of amides is 1. The lowest BCUT2D eigenvalue weighted by molar-refractivity contribution is -0.135. The lowest BCUT2D eigenvalue weighted by atomic mass is 9.84.